The molecule has 0 saturated heterocycles. The molecule has 0 aliphatic carbocycles. The number of anilines is 2. The predicted molar refractivity (Wildman–Crippen MR) is 115 cm³/mol. The largest absolute Gasteiger partial charge is 0.365 e. The standard InChI is InChI=1S/C22H18F2N4OS/c23-20(24)21-25-15-6-5-13(11-17(15)26-21)22(29)27-16-3-1-2-4-18(16)28-9-7-19-14(12-28)8-10-30-19/h1-6,8,10-11,20H,7,9,12H2,(H,25,26)(H,27,29). The minimum absolute atomic E-state index is 0.300. The average molecular weight is 424 g/mol. The van der Waals surface area contributed by atoms with Crippen LogP contribution in [-0.4, -0.2) is 22.4 Å². The van der Waals surface area contributed by atoms with Gasteiger partial charge in [-0.1, -0.05) is 12.1 Å². The van der Waals surface area contributed by atoms with Gasteiger partial charge in [0, 0.05) is 23.5 Å². The lowest BCUT2D eigenvalue weighted by Gasteiger charge is -2.30. The Morgan fingerprint density at radius 1 is 1.20 bits per heavy atom. The number of nitrogens with zero attached hydrogens (tertiary/aromatic N) is 2. The molecule has 2 N–H and O–H groups in total. The van der Waals surface area contributed by atoms with Crippen molar-refractivity contribution in [2.24, 2.45) is 0 Å². The minimum atomic E-state index is -2.69. The second kappa shape index (κ2) is 7.53. The zero-order valence-electron chi connectivity index (χ0n) is 15.9. The van der Waals surface area contributed by atoms with Crippen LogP contribution in [0.15, 0.2) is 53.9 Å². The monoisotopic (exact) mass is 424 g/mol. The fraction of sp³-hybridized carbons (Fsp3) is 0.182. The fourth-order valence-corrected chi connectivity index (χ4v) is 4.67. The van der Waals surface area contributed by atoms with Crippen molar-refractivity contribution >= 4 is 39.7 Å². The fourth-order valence-electron chi connectivity index (χ4n) is 3.78. The number of benzene rings is 2. The molecular formula is C22H18F2N4OS. The Hall–Kier alpha value is -3.26. The average Bonchev–Trinajstić information content (AvgIpc) is 3.39. The Bertz CT molecular complexity index is 1230. The lowest BCUT2D eigenvalue weighted by atomic mass is 10.1. The number of aromatic nitrogens is 2. The van der Waals surface area contributed by atoms with E-state index >= 15 is 0 Å². The number of H-pyrrole nitrogens is 1. The number of rotatable bonds is 4. The van der Waals surface area contributed by atoms with Gasteiger partial charge >= 0.3 is 0 Å². The molecule has 0 bridgehead atoms. The summed E-state index contributed by atoms with van der Waals surface area (Å²) in [6.45, 7) is 1.69. The maximum atomic E-state index is 12.9. The molecule has 4 aromatic rings. The summed E-state index contributed by atoms with van der Waals surface area (Å²) in [4.78, 5) is 23.0. The number of imidazole rings is 1. The number of fused-ring (bicyclic) bond motifs is 2. The Kier molecular flexibility index (Phi) is 4.71. The molecule has 1 aliphatic heterocycles. The van der Waals surface area contributed by atoms with Gasteiger partial charge in [-0.15, -0.1) is 11.3 Å². The molecule has 3 heterocycles. The summed E-state index contributed by atoms with van der Waals surface area (Å²) in [5.41, 5.74) is 4.20. The van der Waals surface area contributed by atoms with Crippen LogP contribution >= 0.6 is 11.3 Å². The van der Waals surface area contributed by atoms with Crippen molar-refractivity contribution in [1.82, 2.24) is 9.97 Å². The van der Waals surface area contributed by atoms with Crippen LogP contribution in [0.25, 0.3) is 11.0 Å². The van der Waals surface area contributed by atoms with Crippen molar-refractivity contribution in [3.05, 3.63) is 75.7 Å². The van der Waals surface area contributed by atoms with Crippen LogP contribution in [0.2, 0.25) is 0 Å². The van der Waals surface area contributed by atoms with Crippen LogP contribution in [0.4, 0.5) is 20.2 Å². The summed E-state index contributed by atoms with van der Waals surface area (Å²) < 4.78 is 25.7. The number of hydrogen-bond donors (Lipinski definition) is 2. The summed E-state index contributed by atoms with van der Waals surface area (Å²) in [6, 6.07) is 14.6. The first kappa shape index (κ1) is 18.7. The molecule has 1 amide bonds. The molecule has 0 unspecified atom stereocenters. The SMILES string of the molecule is O=C(Nc1ccccc1N1CCc2sccc2C1)c1ccc2nc(C(F)F)[nH]c2c1. The Morgan fingerprint density at radius 3 is 2.93 bits per heavy atom. The number of nitrogens with one attached hydrogen (secondary N) is 2. The first-order valence-corrected chi connectivity index (χ1v) is 10.4. The molecule has 30 heavy (non-hydrogen) atoms. The molecule has 0 atom stereocenters. The smallest absolute Gasteiger partial charge is 0.295 e. The molecule has 2 aromatic carbocycles. The lowest BCUT2D eigenvalue weighted by molar-refractivity contribution is 0.102. The van der Waals surface area contributed by atoms with Crippen LogP contribution in [0.3, 0.4) is 0 Å². The van der Waals surface area contributed by atoms with E-state index in [0.717, 1.165) is 30.9 Å². The van der Waals surface area contributed by atoms with Crippen LogP contribution in [0.5, 0.6) is 0 Å². The third-order valence-electron chi connectivity index (χ3n) is 5.27. The second-order valence-corrected chi connectivity index (χ2v) is 8.17. The molecule has 2 aromatic heterocycles. The molecule has 0 spiro atoms. The topological polar surface area (TPSA) is 61.0 Å². The van der Waals surface area contributed by atoms with Gasteiger partial charge in [-0.05, 0) is 53.8 Å². The second-order valence-electron chi connectivity index (χ2n) is 7.17. The van der Waals surface area contributed by atoms with Gasteiger partial charge in [0.1, 0.15) is 0 Å². The molecule has 8 heteroatoms. The van der Waals surface area contributed by atoms with Crippen molar-refractivity contribution in [2.45, 2.75) is 19.4 Å². The number of aromatic amines is 1. The van der Waals surface area contributed by atoms with E-state index in [2.05, 4.69) is 31.6 Å². The van der Waals surface area contributed by atoms with Crippen molar-refractivity contribution in [1.29, 1.82) is 0 Å². The van der Waals surface area contributed by atoms with Gasteiger partial charge in [-0.2, -0.15) is 0 Å². The van der Waals surface area contributed by atoms with E-state index in [1.807, 2.05) is 24.3 Å². The number of hydrogen-bond acceptors (Lipinski definition) is 4. The van der Waals surface area contributed by atoms with E-state index in [9.17, 15) is 13.6 Å². The number of carbonyl (C=O) groups is 1. The predicted octanol–water partition coefficient (Wildman–Crippen LogP) is 5.38. The number of para-hydroxylation sites is 2. The van der Waals surface area contributed by atoms with E-state index in [1.165, 1.54) is 10.4 Å². The molecule has 0 saturated carbocycles. The number of amides is 1. The van der Waals surface area contributed by atoms with Crippen LogP contribution < -0.4 is 10.2 Å². The minimum Gasteiger partial charge on any atom is -0.365 e. The summed E-state index contributed by atoms with van der Waals surface area (Å²) in [7, 11) is 0. The summed E-state index contributed by atoms with van der Waals surface area (Å²) in [5, 5.41) is 5.09. The molecule has 5 nitrogen and oxygen atoms in total. The molecule has 1 aliphatic rings. The quantitative estimate of drug-likeness (QED) is 0.463. The van der Waals surface area contributed by atoms with Gasteiger partial charge < -0.3 is 15.2 Å². The summed E-state index contributed by atoms with van der Waals surface area (Å²) >= 11 is 1.79. The highest BCUT2D eigenvalue weighted by molar-refractivity contribution is 7.10. The summed E-state index contributed by atoms with van der Waals surface area (Å²) in [6.07, 6.45) is -1.70. The van der Waals surface area contributed by atoms with E-state index in [0.29, 0.717) is 16.6 Å². The zero-order chi connectivity index (χ0) is 20.7. The van der Waals surface area contributed by atoms with Crippen LogP contribution in [-0.2, 0) is 13.0 Å². The summed E-state index contributed by atoms with van der Waals surface area (Å²) in [5.74, 6) is -0.698. The molecule has 5 rings (SSSR count). The highest BCUT2D eigenvalue weighted by atomic mass is 32.1. The number of alkyl halides is 2. The number of halogens is 2. The lowest BCUT2D eigenvalue weighted by Crippen LogP contribution is -2.30. The Labute approximate surface area is 175 Å². The maximum Gasteiger partial charge on any atom is 0.295 e. The van der Waals surface area contributed by atoms with Gasteiger partial charge in [-0.3, -0.25) is 4.79 Å². The third kappa shape index (κ3) is 3.43. The Balaban J connectivity index is 1.40. The number of thiophene rings is 1. The molecule has 0 fully saturated rings. The van der Waals surface area contributed by atoms with E-state index in [1.54, 1.807) is 29.5 Å². The number of carbonyl (C=O) groups excluding carboxylic acids is 1. The zero-order valence-corrected chi connectivity index (χ0v) is 16.7. The van der Waals surface area contributed by atoms with Crippen molar-refractivity contribution < 1.29 is 13.6 Å². The Morgan fingerprint density at radius 2 is 2.07 bits per heavy atom. The molecular weight excluding hydrogens is 406 g/mol. The maximum absolute atomic E-state index is 12.9. The van der Waals surface area contributed by atoms with E-state index < -0.39 is 12.2 Å². The normalized spacial score (nSPS) is 13.6. The van der Waals surface area contributed by atoms with Gasteiger partial charge in [0.25, 0.3) is 12.3 Å². The van der Waals surface area contributed by atoms with Gasteiger partial charge in [0.2, 0.25) is 0 Å². The van der Waals surface area contributed by atoms with Gasteiger partial charge in [-0.25, -0.2) is 13.8 Å². The third-order valence-corrected chi connectivity index (χ3v) is 6.29. The van der Waals surface area contributed by atoms with Crippen molar-refractivity contribution in [3.8, 4) is 0 Å². The van der Waals surface area contributed by atoms with Crippen molar-refractivity contribution in [3.63, 3.8) is 0 Å². The molecule has 0 radical (unpaired) electrons. The highest BCUT2D eigenvalue weighted by Crippen LogP contribution is 2.32. The van der Waals surface area contributed by atoms with Gasteiger partial charge in [0.05, 0.1) is 22.4 Å². The molecule has 152 valence electrons. The highest BCUT2D eigenvalue weighted by Gasteiger charge is 2.21. The van der Waals surface area contributed by atoms with Crippen LogP contribution in [0.1, 0.15) is 33.0 Å². The van der Waals surface area contributed by atoms with E-state index in [-0.39, 0.29) is 5.91 Å². The van der Waals surface area contributed by atoms with Gasteiger partial charge in [0.15, 0.2) is 5.82 Å². The van der Waals surface area contributed by atoms with Crippen LogP contribution in [0, 0.1) is 0 Å². The van der Waals surface area contributed by atoms with E-state index in [4.69, 9.17) is 0 Å². The first-order chi connectivity index (χ1) is 14.6. The van der Waals surface area contributed by atoms with Crippen molar-refractivity contribution in [2.75, 3.05) is 16.8 Å². The first-order valence-electron chi connectivity index (χ1n) is 9.57.